The quantitative estimate of drug-likeness (QED) is 0.840. The van der Waals surface area contributed by atoms with E-state index in [-0.39, 0.29) is 5.56 Å². The maximum Gasteiger partial charge on any atom is 0.387 e. The summed E-state index contributed by atoms with van der Waals surface area (Å²) in [5.74, 6) is -1.74. The first-order chi connectivity index (χ1) is 7.58. The minimum absolute atomic E-state index is 0.336. The lowest BCUT2D eigenvalue weighted by Gasteiger charge is -2.07. The summed E-state index contributed by atoms with van der Waals surface area (Å²) in [5, 5.41) is 8.82. The van der Waals surface area contributed by atoms with Crippen molar-refractivity contribution >= 4 is 17.0 Å². The van der Waals surface area contributed by atoms with Crippen LogP contribution in [0.3, 0.4) is 0 Å². The van der Waals surface area contributed by atoms with Gasteiger partial charge in [-0.15, -0.1) is 0 Å². The van der Waals surface area contributed by atoms with Crippen molar-refractivity contribution in [2.24, 2.45) is 0 Å². The fraction of sp³-hybridized carbons (Fsp3) is 0.111. The Bertz CT molecular complexity index is 539. The number of fused-ring (bicyclic) bond motifs is 1. The molecule has 0 amide bonds. The van der Waals surface area contributed by atoms with Gasteiger partial charge in [-0.2, -0.15) is 8.78 Å². The van der Waals surface area contributed by atoms with Gasteiger partial charge in [0.25, 0.3) is 0 Å². The summed E-state index contributed by atoms with van der Waals surface area (Å²) in [6.45, 7) is -3.07. The van der Waals surface area contributed by atoms with Gasteiger partial charge in [-0.3, -0.25) is 0 Å². The molecule has 16 heavy (non-hydrogen) atoms. The van der Waals surface area contributed by atoms with Gasteiger partial charge >= 0.3 is 12.6 Å². The van der Waals surface area contributed by atoms with Crippen LogP contribution in [-0.4, -0.2) is 27.7 Å². The molecule has 0 saturated carbocycles. The predicted molar refractivity (Wildman–Crippen MR) is 49.7 cm³/mol. The number of aromatic carboxylic acids is 1. The molecule has 0 aliphatic heterocycles. The smallest absolute Gasteiger partial charge is 0.387 e. The number of imidazole rings is 1. The predicted octanol–water partition coefficient (Wildman–Crippen LogP) is 1.86. The normalized spacial score (nSPS) is 10.9. The van der Waals surface area contributed by atoms with E-state index in [4.69, 9.17) is 5.11 Å². The topological polar surface area (TPSA) is 75.2 Å². The molecule has 0 radical (unpaired) electrons. The summed E-state index contributed by atoms with van der Waals surface area (Å²) < 4.78 is 28.2. The fourth-order valence-electron chi connectivity index (χ4n) is 1.32. The molecule has 0 aliphatic carbocycles. The first-order valence-electron chi connectivity index (χ1n) is 4.23. The Morgan fingerprint density at radius 1 is 1.50 bits per heavy atom. The summed E-state index contributed by atoms with van der Waals surface area (Å²) in [4.78, 5) is 17.3. The number of halogens is 2. The molecule has 84 valence electrons. The van der Waals surface area contributed by atoms with Crippen LogP contribution in [0.5, 0.6) is 5.75 Å². The van der Waals surface area contributed by atoms with Gasteiger partial charge in [0.15, 0.2) is 0 Å². The number of carbonyl (C=O) groups is 1. The molecule has 0 bridgehead atoms. The van der Waals surface area contributed by atoms with E-state index in [1.807, 2.05) is 0 Å². The van der Waals surface area contributed by atoms with Crippen molar-refractivity contribution in [2.45, 2.75) is 6.61 Å². The Morgan fingerprint density at radius 2 is 2.25 bits per heavy atom. The van der Waals surface area contributed by atoms with Crippen molar-refractivity contribution in [1.82, 2.24) is 9.97 Å². The molecule has 2 rings (SSSR count). The highest BCUT2D eigenvalue weighted by Gasteiger charge is 2.17. The summed E-state index contributed by atoms with van der Waals surface area (Å²) in [6.07, 6.45) is 1.34. The number of rotatable bonds is 3. The number of benzene rings is 1. The van der Waals surface area contributed by atoms with Crippen LogP contribution in [0.1, 0.15) is 10.4 Å². The number of hydrogen-bond donors (Lipinski definition) is 2. The number of ether oxygens (including phenoxy) is 1. The number of nitrogens with one attached hydrogen (secondary N) is 1. The maximum absolute atomic E-state index is 12.0. The highest BCUT2D eigenvalue weighted by molar-refractivity contribution is 5.95. The molecule has 0 spiro atoms. The Hall–Kier alpha value is -2.18. The van der Waals surface area contributed by atoms with Crippen LogP contribution >= 0.6 is 0 Å². The number of carboxylic acid groups (broad SMARTS) is 1. The number of H-pyrrole nitrogens is 1. The molecule has 1 aromatic heterocycles. The second-order valence-corrected chi connectivity index (χ2v) is 2.95. The molecule has 1 heterocycles. The molecule has 0 aliphatic rings. The van der Waals surface area contributed by atoms with Crippen LogP contribution in [0.25, 0.3) is 11.0 Å². The molecule has 2 aromatic rings. The van der Waals surface area contributed by atoms with E-state index in [0.29, 0.717) is 11.0 Å². The molecule has 5 nitrogen and oxygen atoms in total. The van der Waals surface area contributed by atoms with Crippen molar-refractivity contribution in [3.8, 4) is 5.75 Å². The lowest BCUT2D eigenvalue weighted by atomic mass is 10.2. The van der Waals surface area contributed by atoms with E-state index in [0.717, 1.165) is 6.07 Å². The Morgan fingerprint density at radius 3 is 2.88 bits per heavy atom. The standard InChI is InChI=1S/C9H6F2N2O3/c10-9(11)16-7-2-6-5(12-3-13-6)1-4(7)8(14)15/h1-3,9H,(H,12,13)(H,14,15). The van der Waals surface area contributed by atoms with Crippen LogP contribution in [0, 0.1) is 0 Å². The Balaban J connectivity index is 2.57. The first-order valence-corrected chi connectivity index (χ1v) is 4.23. The molecule has 0 unspecified atom stereocenters. The second-order valence-electron chi connectivity index (χ2n) is 2.95. The van der Waals surface area contributed by atoms with Gasteiger partial charge in [0.1, 0.15) is 11.3 Å². The summed E-state index contributed by atoms with van der Waals surface area (Å²) in [5.41, 5.74) is 0.469. The third-order valence-electron chi connectivity index (χ3n) is 1.97. The van der Waals surface area contributed by atoms with Gasteiger partial charge in [-0.25, -0.2) is 9.78 Å². The van der Waals surface area contributed by atoms with E-state index in [1.165, 1.54) is 12.4 Å². The van der Waals surface area contributed by atoms with E-state index < -0.39 is 18.3 Å². The Kier molecular flexibility index (Phi) is 2.43. The number of hydrogen-bond acceptors (Lipinski definition) is 3. The monoisotopic (exact) mass is 228 g/mol. The van der Waals surface area contributed by atoms with Gasteiger partial charge < -0.3 is 14.8 Å². The van der Waals surface area contributed by atoms with Gasteiger partial charge in [0.05, 0.1) is 17.4 Å². The lowest BCUT2D eigenvalue weighted by Crippen LogP contribution is -2.07. The number of aromatic nitrogens is 2. The minimum atomic E-state index is -3.07. The molecular formula is C9H6F2N2O3. The van der Waals surface area contributed by atoms with Crippen LogP contribution in [0.15, 0.2) is 18.5 Å². The minimum Gasteiger partial charge on any atom is -0.478 e. The van der Waals surface area contributed by atoms with Crippen LogP contribution < -0.4 is 4.74 Å². The highest BCUT2D eigenvalue weighted by atomic mass is 19.3. The van der Waals surface area contributed by atoms with Crippen molar-refractivity contribution in [3.05, 3.63) is 24.0 Å². The molecule has 1 aromatic carbocycles. The summed E-state index contributed by atoms with van der Waals surface area (Å²) in [7, 11) is 0. The van der Waals surface area contributed by atoms with Crippen molar-refractivity contribution in [2.75, 3.05) is 0 Å². The number of aromatic amines is 1. The SMILES string of the molecule is O=C(O)c1cc2[nH]cnc2cc1OC(F)F. The first kappa shape index (κ1) is 10.3. The lowest BCUT2D eigenvalue weighted by molar-refractivity contribution is -0.0502. The zero-order valence-electron chi connectivity index (χ0n) is 7.78. The van der Waals surface area contributed by atoms with E-state index in [2.05, 4.69) is 14.7 Å². The average Bonchev–Trinajstić information content (AvgIpc) is 2.62. The molecule has 0 fully saturated rings. The van der Waals surface area contributed by atoms with Gasteiger partial charge in [0.2, 0.25) is 0 Å². The summed E-state index contributed by atoms with van der Waals surface area (Å²) in [6, 6.07) is 2.35. The number of carboxylic acids is 1. The van der Waals surface area contributed by atoms with E-state index in [9.17, 15) is 13.6 Å². The zero-order chi connectivity index (χ0) is 11.7. The van der Waals surface area contributed by atoms with Crippen molar-refractivity contribution in [1.29, 1.82) is 0 Å². The van der Waals surface area contributed by atoms with Crippen LogP contribution in [0.2, 0.25) is 0 Å². The number of alkyl halides is 2. The molecule has 2 N–H and O–H groups in total. The maximum atomic E-state index is 12.0. The molecule has 0 saturated heterocycles. The Labute approximate surface area is 87.7 Å². The van der Waals surface area contributed by atoms with Gasteiger partial charge in [-0.1, -0.05) is 0 Å². The van der Waals surface area contributed by atoms with Crippen molar-refractivity contribution in [3.63, 3.8) is 0 Å². The van der Waals surface area contributed by atoms with Gasteiger partial charge in [-0.05, 0) is 6.07 Å². The third-order valence-corrected chi connectivity index (χ3v) is 1.97. The molecular weight excluding hydrogens is 222 g/mol. The fourth-order valence-corrected chi connectivity index (χ4v) is 1.32. The molecule has 7 heteroatoms. The zero-order valence-corrected chi connectivity index (χ0v) is 7.78. The number of nitrogens with zero attached hydrogens (tertiary/aromatic N) is 1. The largest absolute Gasteiger partial charge is 0.478 e. The van der Waals surface area contributed by atoms with Gasteiger partial charge in [0, 0.05) is 6.07 Å². The van der Waals surface area contributed by atoms with Crippen LogP contribution in [-0.2, 0) is 0 Å². The van der Waals surface area contributed by atoms with E-state index >= 15 is 0 Å². The molecule has 0 atom stereocenters. The van der Waals surface area contributed by atoms with Crippen LogP contribution in [0.4, 0.5) is 8.78 Å². The second kappa shape index (κ2) is 3.76. The van der Waals surface area contributed by atoms with Crippen molar-refractivity contribution < 1.29 is 23.4 Å². The summed E-state index contributed by atoms with van der Waals surface area (Å²) >= 11 is 0. The highest BCUT2D eigenvalue weighted by Crippen LogP contribution is 2.25. The van der Waals surface area contributed by atoms with E-state index in [1.54, 1.807) is 0 Å². The third kappa shape index (κ3) is 1.79. The average molecular weight is 228 g/mol.